The van der Waals surface area contributed by atoms with Crippen molar-refractivity contribution in [1.29, 1.82) is 0 Å². The summed E-state index contributed by atoms with van der Waals surface area (Å²) in [4.78, 5) is 12.3. The molecule has 2 aromatic rings. The Morgan fingerprint density at radius 2 is 2.08 bits per heavy atom. The van der Waals surface area contributed by atoms with Gasteiger partial charge in [-0.3, -0.25) is 14.6 Å². The summed E-state index contributed by atoms with van der Waals surface area (Å²) in [6, 6.07) is 1.81. The van der Waals surface area contributed by atoms with Gasteiger partial charge >= 0.3 is 0 Å². The molecule has 1 amide bonds. The van der Waals surface area contributed by atoms with E-state index in [1.165, 1.54) is 32.1 Å². The van der Waals surface area contributed by atoms with Crippen LogP contribution >= 0.6 is 0 Å². The summed E-state index contributed by atoms with van der Waals surface area (Å²) in [6.07, 6.45) is 7.74. The second-order valence-corrected chi connectivity index (χ2v) is 6.88. The van der Waals surface area contributed by atoms with Crippen molar-refractivity contribution in [2.45, 2.75) is 52.4 Å². The van der Waals surface area contributed by atoms with Gasteiger partial charge in [0, 0.05) is 24.8 Å². The van der Waals surface area contributed by atoms with Crippen molar-refractivity contribution in [2.75, 3.05) is 6.54 Å². The summed E-state index contributed by atoms with van der Waals surface area (Å²) in [5.41, 5.74) is 4.25. The minimum atomic E-state index is -0.0799. The van der Waals surface area contributed by atoms with Gasteiger partial charge in [0.05, 0.1) is 11.4 Å². The van der Waals surface area contributed by atoms with Crippen molar-refractivity contribution in [3.05, 3.63) is 23.1 Å². The molecule has 2 N–H and O–H groups in total. The van der Waals surface area contributed by atoms with Gasteiger partial charge in [-0.05, 0) is 32.3 Å². The number of aromatic nitrogens is 4. The van der Waals surface area contributed by atoms with Crippen molar-refractivity contribution in [3.8, 4) is 11.3 Å². The van der Waals surface area contributed by atoms with Gasteiger partial charge in [0.1, 0.15) is 5.69 Å². The molecule has 0 aromatic carbocycles. The van der Waals surface area contributed by atoms with Crippen molar-refractivity contribution >= 4 is 5.91 Å². The van der Waals surface area contributed by atoms with E-state index in [0.29, 0.717) is 5.69 Å². The van der Waals surface area contributed by atoms with Crippen LogP contribution in [0.2, 0.25) is 0 Å². The number of nitrogens with one attached hydrogen (secondary N) is 2. The van der Waals surface area contributed by atoms with Crippen molar-refractivity contribution in [2.24, 2.45) is 13.0 Å². The number of hydrogen-bond donors (Lipinski definition) is 2. The van der Waals surface area contributed by atoms with Gasteiger partial charge in [0.2, 0.25) is 0 Å². The molecular weight excluding hydrogens is 302 g/mol. The zero-order chi connectivity index (χ0) is 17.1. The van der Waals surface area contributed by atoms with Crippen LogP contribution in [0.5, 0.6) is 0 Å². The summed E-state index contributed by atoms with van der Waals surface area (Å²) >= 11 is 0. The van der Waals surface area contributed by atoms with Gasteiger partial charge in [-0.2, -0.15) is 10.2 Å². The highest BCUT2D eigenvalue weighted by Gasteiger charge is 2.18. The van der Waals surface area contributed by atoms with E-state index >= 15 is 0 Å². The fourth-order valence-corrected chi connectivity index (χ4v) is 3.67. The third kappa shape index (κ3) is 3.52. The van der Waals surface area contributed by atoms with E-state index in [9.17, 15) is 4.79 Å². The van der Waals surface area contributed by atoms with E-state index in [4.69, 9.17) is 0 Å². The highest BCUT2D eigenvalue weighted by atomic mass is 16.1. The fraction of sp³-hybridized carbons (Fsp3) is 0.611. The molecule has 1 fully saturated rings. The van der Waals surface area contributed by atoms with Crippen LogP contribution in [0.3, 0.4) is 0 Å². The van der Waals surface area contributed by atoms with E-state index in [1.807, 2.05) is 31.6 Å². The van der Waals surface area contributed by atoms with Crippen LogP contribution in [-0.4, -0.2) is 32.4 Å². The molecule has 0 aliphatic heterocycles. The molecule has 24 heavy (non-hydrogen) atoms. The molecule has 0 saturated heterocycles. The Morgan fingerprint density at radius 1 is 1.33 bits per heavy atom. The zero-order valence-electron chi connectivity index (χ0n) is 14.9. The molecule has 0 spiro atoms. The molecule has 0 unspecified atom stereocenters. The van der Waals surface area contributed by atoms with Crippen molar-refractivity contribution < 1.29 is 4.79 Å². The minimum Gasteiger partial charge on any atom is -0.351 e. The van der Waals surface area contributed by atoms with Crippen LogP contribution in [0.4, 0.5) is 0 Å². The summed E-state index contributed by atoms with van der Waals surface area (Å²) in [5, 5.41) is 14.6. The fourth-order valence-electron chi connectivity index (χ4n) is 3.67. The lowest BCUT2D eigenvalue weighted by Gasteiger charge is -2.21. The summed E-state index contributed by atoms with van der Waals surface area (Å²) < 4.78 is 1.84. The first-order valence-electron chi connectivity index (χ1n) is 8.90. The molecule has 130 valence electrons. The lowest BCUT2D eigenvalue weighted by atomic mass is 9.87. The Hall–Kier alpha value is -2.11. The number of aromatic amines is 1. The normalized spacial score (nSPS) is 15.6. The second-order valence-electron chi connectivity index (χ2n) is 6.88. The minimum absolute atomic E-state index is 0.0799. The van der Waals surface area contributed by atoms with Gasteiger partial charge < -0.3 is 5.32 Å². The van der Waals surface area contributed by atoms with Gasteiger partial charge in [0.25, 0.3) is 5.91 Å². The number of hydrogen-bond acceptors (Lipinski definition) is 3. The van der Waals surface area contributed by atoms with Gasteiger partial charge in [-0.1, -0.05) is 32.1 Å². The Kier molecular flexibility index (Phi) is 5.02. The van der Waals surface area contributed by atoms with Crippen molar-refractivity contribution in [3.63, 3.8) is 0 Å². The maximum absolute atomic E-state index is 12.3. The third-order valence-electron chi connectivity index (χ3n) is 5.15. The van der Waals surface area contributed by atoms with Crippen LogP contribution < -0.4 is 5.32 Å². The Labute approximate surface area is 143 Å². The Morgan fingerprint density at radius 3 is 2.75 bits per heavy atom. The number of amides is 1. The predicted octanol–water partition coefficient (Wildman–Crippen LogP) is 3.13. The highest BCUT2D eigenvalue weighted by molar-refractivity contribution is 5.93. The lowest BCUT2D eigenvalue weighted by molar-refractivity contribution is 0.0945. The smallest absolute Gasteiger partial charge is 0.269 e. The zero-order valence-corrected chi connectivity index (χ0v) is 14.9. The topological polar surface area (TPSA) is 75.6 Å². The largest absolute Gasteiger partial charge is 0.351 e. The number of rotatable bonds is 5. The standard InChI is InChI=1S/C18H27N5O/c1-12-17(13(2)23(3)22-12)15-11-16(21-20-15)18(24)19-10-9-14-7-5-4-6-8-14/h11,14H,4-10H2,1-3H3,(H,19,24)(H,20,21). The number of H-pyrrole nitrogens is 1. The maximum atomic E-state index is 12.3. The van der Waals surface area contributed by atoms with Gasteiger partial charge in [-0.25, -0.2) is 0 Å². The Bertz CT molecular complexity index is 709. The van der Waals surface area contributed by atoms with Crippen LogP contribution in [0.1, 0.15) is 60.4 Å². The Balaban J connectivity index is 1.59. The first kappa shape index (κ1) is 16.7. The molecule has 0 bridgehead atoms. The molecule has 6 heteroatoms. The van der Waals surface area contributed by atoms with Gasteiger partial charge in [-0.15, -0.1) is 0 Å². The van der Waals surface area contributed by atoms with E-state index in [-0.39, 0.29) is 5.91 Å². The highest BCUT2D eigenvalue weighted by Crippen LogP contribution is 2.26. The van der Waals surface area contributed by atoms with E-state index in [0.717, 1.165) is 41.5 Å². The molecule has 1 aliphatic carbocycles. The molecule has 1 saturated carbocycles. The van der Waals surface area contributed by atoms with Crippen LogP contribution in [0.15, 0.2) is 6.07 Å². The van der Waals surface area contributed by atoms with Crippen molar-refractivity contribution in [1.82, 2.24) is 25.3 Å². The molecule has 2 aromatic heterocycles. The lowest BCUT2D eigenvalue weighted by Crippen LogP contribution is -2.26. The maximum Gasteiger partial charge on any atom is 0.269 e. The average Bonchev–Trinajstić information content (AvgIpc) is 3.14. The van der Waals surface area contributed by atoms with Crippen LogP contribution in [-0.2, 0) is 7.05 Å². The number of aryl methyl sites for hydroxylation is 2. The summed E-state index contributed by atoms with van der Waals surface area (Å²) in [7, 11) is 1.91. The molecule has 0 radical (unpaired) electrons. The third-order valence-corrected chi connectivity index (χ3v) is 5.15. The molecule has 3 rings (SSSR count). The molecule has 1 aliphatic rings. The van der Waals surface area contributed by atoms with Gasteiger partial charge in [0.15, 0.2) is 0 Å². The van der Waals surface area contributed by atoms with E-state index in [2.05, 4.69) is 20.6 Å². The summed E-state index contributed by atoms with van der Waals surface area (Å²) in [5.74, 6) is 0.695. The van der Waals surface area contributed by atoms with Crippen LogP contribution in [0, 0.1) is 19.8 Å². The number of carbonyl (C=O) groups excluding carboxylic acids is 1. The van der Waals surface area contributed by atoms with E-state index < -0.39 is 0 Å². The van der Waals surface area contributed by atoms with E-state index in [1.54, 1.807) is 0 Å². The SMILES string of the molecule is Cc1nn(C)c(C)c1-c1cc(C(=O)NCCC2CCCCC2)[nH]n1. The van der Waals surface area contributed by atoms with Crippen LogP contribution in [0.25, 0.3) is 11.3 Å². The molecule has 0 atom stereocenters. The molecular formula is C18H27N5O. The quantitative estimate of drug-likeness (QED) is 0.885. The first-order chi connectivity index (χ1) is 11.6. The first-order valence-corrected chi connectivity index (χ1v) is 8.90. The number of nitrogens with zero attached hydrogens (tertiary/aromatic N) is 3. The monoisotopic (exact) mass is 329 g/mol. The summed E-state index contributed by atoms with van der Waals surface area (Å²) in [6.45, 7) is 4.71. The average molecular weight is 329 g/mol. The molecule has 2 heterocycles. The second kappa shape index (κ2) is 7.20. The molecule has 6 nitrogen and oxygen atoms in total. The predicted molar refractivity (Wildman–Crippen MR) is 93.8 cm³/mol. The number of carbonyl (C=O) groups is 1.